The van der Waals surface area contributed by atoms with Crippen LogP contribution in [0.3, 0.4) is 0 Å². The SMILES string of the molecule is CCCC(O)CNC(=O)CNCC. The van der Waals surface area contributed by atoms with Gasteiger partial charge in [0.2, 0.25) is 5.91 Å². The van der Waals surface area contributed by atoms with Crippen LogP contribution in [0.15, 0.2) is 0 Å². The van der Waals surface area contributed by atoms with Crippen LogP contribution in [0.1, 0.15) is 26.7 Å². The third kappa shape index (κ3) is 7.74. The molecule has 13 heavy (non-hydrogen) atoms. The van der Waals surface area contributed by atoms with E-state index in [0.717, 1.165) is 19.4 Å². The average Bonchev–Trinajstić information content (AvgIpc) is 2.12. The molecule has 3 N–H and O–H groups in total. The molecule has 0 bridgehead atoms. The van der Waals surface area contributed by atoms with E-state index < -0.39 is 6.10 Å². The summed E-state index contributed by atoms with van der Waals surface area (Å²) in [5, 5.41) is 14.8. The first-order valence-electron chi connectivity index (χ1n) is 4.86. The Morgan fingerprint density at radius 2 is 2.15 bits per heavy atom. The van der Waals surface area contributed by atoms with E-state index in [-0.39, 0.29) is 5.91 Å². The van der Waals surface area contributed by atoms with Gasteiger partial charge in [0.25, 0.3) is 0 Å². The molecule has 0 aromatic heterocycles. The van der Waals surface area contributed by atoms with E-state index in [2.05, 4.69) is 10.6 Å². The Balaban J connectivity index is 3.34. The normalized spacial score (nSPS) is 12.5. The van der Waals surface area contributed by atoms with Crippen molar-refractivity contribution in [3.63, 3.8) is 0 Å². The standard InChI is InChI=1S/C9H20N2O2/c1-3-5-8(12)6-11-9(13)7-10-4-2/h8,10,12H,3-7H2,1-2H3,(H,11,13). The van der Waals surface area contributed by atoms with E-state index in [9.17, 15) is 9.90 Å². The summed E-state index contributed by atoms with van der Waals surface area (Å²) in [4.78, 5) is 11.0. The summed E-state index contributed by atoms with van der Waals surface area (Å²) >= 11 is 0. The van der Waals surface area contributed by atoms with Gasteiger partial charge < -0.3 is 15.7 Å². The first kappa shape index (κ1) is 12.4. The second-order valence-electron chi connectivity index (χ2n) is 3.03. The Labute approximate surface area is 79.7 Å². The molecule has 0 heterocycles. The topological polar surface area (TPSA) is 61.4 Å². The van der Waals surface area contributed by atoms with Crippen molar-refractivity contribution < 1.29 is 9.90 Å². The van der Waals surface area contributed by atoms with E-state index >= 15 is 0 Å². The molecule has 1 atom stereocenters. The number of likely N-dealkylation sites (N-methyl/N-ethyl adjacent to an activating group) is 1. The molecule has 0 aliphatic carbocycles. The molecule has 1 unspecified atom stereocenters. The van der Waals surface area contributed by atoms with Gasteiger partial charge in [0.1, 0.15) is 0 Å². The van der Waals surface area contributed by atoms with Crippen molar-refractivity contribution >= 4 is 5.91 Å². The molecule has 0 saturated carbocycles. The fourth-order valence-electron chi connectivity index (χ4n) is 0.968. The number of amides is 1. The van der Waals surface area contributed by atoms with Crippen LogP contribution < -0.4 is 10.6 Å². The van der Waals surface area contributed by atoms with Crippen LogP contribution in [0.4, 0.5) is 0 Å². The van der Waals surface area contributed by atoms with Gasteiger partial charge in [-0.15, -0.1) is 0 Å². The molecule has 0 aromatic carbocycles. The highest BCUT2D eigenvalue weighted by Crippen LogP contribution is 1.93. The third-order valence-electron chi connectivity index (χ3n) is 1.69. The van der Waals surface area contributed by atoms with Crippen molar-refractivity contribution in [3.8, 4) is 0 Å². The lowest BCUT2D eigenvalue weighted by Gasteiger charge is -2.10. The number of rotatable bonds is 7. The molecule has 0 aliphatic rings. The van der Waals surface area contributed by atoms with Gasteiger partial charge in [0.15, 0.2) is 0 Å². The summed E-state index contributed by atoms with van der Waals surface area (Å²) in [7, 11) is 0. The molecule has 0 aliphatic heterocycles. The van der Waals surface area contributed by atoms with Gasteiger partial charge in [0, 0.05) is 6.54 Å². The van der Waals surface area contributed by atoms with Crippen LogP contribution in [-0.4, -0.2) is 36.8 Å². The second kappa shape index (κ2) is 8.01. The zero-order chi connectivity index (χ0) is 10.1. The number of hydrogen-bond donors (Lipinski definition) is 3. The molecule has 0 rings (SSSR count). The summed E-state index contributed by atoms with van der Waals surface area (Å²) in [6.07, 6.45) is 1.27. The maximum absolute atomic E-state index is 11.0. The van der Waals surface area contributed by atoms with Crippen LogP contribution in [-0.2, 0) is 4.79 Å². The Morgan fingerprint density at radius 3 is 2.69 bits per heavy atom. The predicted molar refractivity (Wildman–Crippen MR) is 52.5 cm³/mol. The first-order valence-corrected chi connectivity index (χ1v) is 4.86. The molecule has 4 nitrogen and oxygen atoms in total. The summed E-state index contributed by atoms with van der Waals surface area (Å²) in [6.45, 7) is 5.42. The van der Waals surface area contributed by atoms with Crippen molar-refractivity contribution in [3.05, 3.63) is 0 Å². The molecule has 78 valence electrons. The molecule has 0 aromatic rings. The fraction of sp³-hybridized carbons (Fsp3) is 0.889. The number of aliphatic hydroxyl groups is 1. The van der Waals surface area contributed by atoms with Gasteiger partial charge in [-0.3, -0.25) is 4.79 Å². The van der Waals surface area contributed by atoms with E-state index in [1.54, 1.807) is 0 Å². The third-order valence-corrected chi connectivity index (χ3v) is 1.69. The van der Waals surface area contributed by atoms with Crippen molar-refractivity contribution in [2.45, 2.75) is 32.8 Å². The van der Waals surface area contributed by atoms with Crippen LogP contribution in [0.2, 0.25) is 0 Å². The molecule has 0 spiro atoms. The largest absolute Gasteiger partial charge is 0.391 e. The predicted octanol–water partition coefficient (Wildman–Crippen LogP) is -0.127. The fourth-order valence-corrected chi connectivity index (χ4v) is 0.968. The zero-order valence-electron chi connectivity index (χ0n) is 8.47. The minimum Gasteiger partial charge on any atom is -0.391 e. The molecule has 0 saturated heterocycles. The minimum absolute atomic E-state index is 0.0583. The molecule has 0 fully saturated rings. The number of carbonyl (C=O) groups is 1. The lowest BCUT2D eigenvalue weighted by Crippen LogP contribution is -2.38. The Morgan fingerprint density at radius 1 is 1.46 bits per heavy atom. The highest BCUT2D eigenvalue weighted by Gasteiger charge is 2.04. The van der Waals surface area contributed by atoms with Gasteiger partial charge in [-0.1, -0.05) is 20.3 Å². The Bertz CT molecular complexity index is 140. The van der Waals surface area contributed by atoms with Gasteiger partial charge in [-0.05, 0) is 13.0 Å². The van der Waals surface area contributed by atoms with Gasteiger partial charge in [-0.2, -0.15) is 0 Å². The smallest absolute Gasteiger partial charge is 0.234 e. The van der Waals surface area contributed by atoms with Crippen LogP contribution >= 0.6 is 0 Å². The van der Waals surface area contributed by atoms with E-state index in [1.165, 1.54) is 0 Å². The summed E-state index contributed by atoms with van der Waals surface area (Å²) in [5.41, 5.74) is 0. The molecular formula is C9H20N2O2. The number of carbonyl (C=O) groups excluding carboxylic acids is 1. The minimum atomic E-state index is -0.407. The maximum Gasteiger partial charge on any atom is 0.234 e. The summed E-state index contributed by atoms with van der Waals surface area (Å²) < 4.78 is 0. The van der Waals surface area contributed by atoms with Crippen molar-refractivity contribution in [2.24, 2.45) is 0 Å². The van der Waals surface area contributed by atoms with E-state index in [0.29, 0.717) is 13.1 Å². The molecule has 0 radical (unpaired) electrons. The average molecular weight is 188 g/mol. The molecular weight excluding hydrogens is 168 g/mol. The molecule has 4 heteroatoms. The number of hydrogen-bond acceptors (Lipinski definition) is 3. The number of nitrogens with one attached hydrogen (secondary N) is 2. The summed E-state index contributed by atoms with van der Waals surface area (Å²) in [6, 6.07) is 0. The van der Waals surface area contributed by atoms with Gasteiger partial charge in [0.05, 0.1) is 12.6 Å². The van der Waals surface area contributed by atoms with Crippen LogP contribution in [0, 0.1) is 0 Å². The first-order chi connectivity index (χ1) is 6.20. The highest BCUT2D eigenvalue weighted by atomic mass is 16.3. The van der Waals surface area contributed by atoms with Gasteiger partial charge >= 0.3 is 0 Å². The van der Waals surface area contributed by atoms with Crippen molar-refractivity contribution in [1.29, 1.82) is 0 Å². The number of aliphatic hydroxyl groups excluding tert-OH is 1. The maximum atomic E-state index is 11.0. The second-order valence-corrected chi connectivity index (χ2v) is 3.03. The molecule has 1 amide bonds. The van der Waals surface area contributed by atoms with Crippen molar-refractivity contribution in [2.75, 3.05) is 19.6 Å². The lowest BCUT2D eigenvalue weighted by molar-refractivity contribution is -0.120. The Hall–Kier alpha value is -0.610. The summed E-state index contributed by atoms with van der Waals surface area (Å²) in [5.74, 6) is -0.0583. The quantitative estimate of drug-likeness (QED) is 0.521. The van der Waals surface area contributed by atoms with Crippen molar-refractivity contribution in [1.82, 2.24) is 10.6 Å². The zero-order valence-corrected chi connectivity index (χ0v) is 8.47. The van der Waals surface area contributed by atoms with E-state index in [4.69, 9.17) is 0 Å². The van der Waals surface area contributed by atoms with E-state index in [1.807, 2.05) is 13.8 Å². The monoisotopic (exact) mass is 188 g/mol. The van der Waals surface area contributed by atoms with Crippen LogP contribution in [0.5, 0.6) is 0 Å². The van der Waals surface area contributed by atoms with Gasteiger partial charge in [-0.25, -0.2) is 0 Å². The highest BCUT2D eigenvalue weighted by molar-refractivity contribution is 5.77. The van der Waals surface area contributed by atoms with Crippen LogP contribution in [0.25, 0.3) is 0 Å². The Kier molecular flexibility index (Phi) is 7.63. The lowest BCUT2D eigenvalue weighted by atomic mass is 10.2.